The Hall–Kier alpha value is -2.64. The number of imidazole rings is 2. The third kappa shape index (κ3) is 4.57. The maximum atomic E-state index is 13.1. The van der Waals surface area contributed by atoms with Gasteiger partial charge in [-0.25, -0.2) is 18.3 Å². The van der Waals surface area contributed by atoms with Gasteiger partial charge in [0.2, 0.25) is 0 Å². The van der Waals surface area contributed by atoms with Crippen LogP contribution in [0.2, 0.25) is 0 Å². The van der Waals surface area contributed by atoms with E-state index in [1.807, 2.05) is 64.2 Å². The van der Waals surface area contributed by atoms with Crippen molar-refractivity contribution in [1.29, 1.82) is 0 Å². The van der Waals surface area contributed by atoms with Gasteiger partial charge in [0.05, 0.1) is 27.7 Å². The molecule has 1 aliphatic rings. The zero-order chi connectivity index (χ0) is 21.8. The largest absolute Gasteiger partial charge is 0.347 e. The van der Waals surface area contributed by atoms with E-state index in [0.717, 1.165) is 38.6 Å². The van der Waals surface area contributed by atoms with Crippen LogP contribution in [0.5, 0.6) is 0 Å². The summed E-state index contributed by atoms with van der Waals surface area (Å²) in [7, 11) is 5.65. The van der Waals surface area contributed by atoms with Crippen LogP contribution in [-0.2, 0) is 27.7 Å². The lowest BCUT2D eigenvalue weighted by molar-refractivity contribution is -0.673. The molecule has 2 amide bonds. The number of carbonyl (C=O) groups is 2. The highest BCUT2D eigenvalue weighted by molar-refractivity contribution is 5.90. The van der Waals surface area contributed by atoms with Gasteiger partial charge < -0.3 is 10.6 Å². The predicted molar refractivity (Wildman–Crippen MR) is 113 cm³/mol. The lowest BCUT2D eigenvalue weighted by atomic mass is 9.81. The van der Waals surface area contributed by atoms with Crippen LogP contribution in [0, 0.1) is 5.92 Å². The number of aromatic nitrogens is 4. The standard InChI is InChI=1S/C22H34N6O2/c1-6-7-11-28-15-14-27(5)22(28)20(30)24-18-10-8-9-17(16(18)2)23-19(29)21-25(3)12-13-26(21)4/h12-18H,6-11H2,1-5H3/p+2. The topological polar surface area (TPSA) is 75.8 Å². The Kier molecular flexibility index (Phi) is 6.95. The number of unbranched alkanes of at least 4 members (excludes halogenated alkanes) is 1. The van der Waals surface area contributed by atoms with Crippen molar-refractivity contribution in [3.8, 4) is 0 Å². The number of carbonyl (C=O) groups excluding carboxylic acids is 2. The summed E-state index contributed by atoms with van der Waals surface area (Å²) >= 11 is 0. The smallest absolute Gasteiger partial charge is 0.342 e. The third-order valence-electron chi connectivity index (χ3n) is 6.35. The first-order valence-electron chi connectivity index (χ1n) is 11.0. The Morgan fingerprint density at radius 3 is 2.17 bits per heavy atom. The molecule has 2 aromatic rings. The number of aryl methyl sites for hydroxylation is 4. The second-order valence-corrected chi connectivity index (χ2v) is 8.57. The van der Waals surface area contributed by atoms with E-state index in [2.05, 4.69) is 24.5 Å². The molecule has 0 radical (unpaired) electrons. The average Bonchev–Trinajstić information content (AvgIpc) is 3.24. The van der Waals surface area contributed by atoms with Crippen LogP contribution in [0.15, 0.2) is 24.8 Å². The van der Waals surface area contributed by atoms with Crippen LogP contribution in [0.1, 0.15) is 67.2 Å². The molecule has 8 heteroatoms. The molecule has 2 N–H and O–H groups in total. The number of amides is 2. The molecular formula is C22H36N6O2+2. The second kappa shape index (κ2) is 9.45. The molecule has 2 heterocycles. The van der Waals surface area contributed by atoms with E-state index in [4.69, 9.17) is 0 Å². The van der Waals surface area contributed by atoms with Gasteiger partial charge in [-0.15, -0.1) is 0 Å². The van der Waals surface area contributed by atoms with Crippen LogP contribution in [0.3, 0.4) is 0 Å². The maximum Gasteiger partial charge on any atom is 0.347 e. The summed E-state index contributed by atoms with van der Waals surface area (Å²) in [5.41, 5.74) is 0. The van der Waals surface area contributed by atoms with Crippen LogP contribution in [0.25, 0.3) is 0 Å². The van der Waals surface area contributed by atoms with E-state index >= 15 is 0 Å². The number of nitrogens with zero attached hydrogens (tertiary/aromatic N) is 4. The van der Waals surface area contributed by atoms with Gasteiger partial charge in [-0.2, -0.15) is 0 Å². The fraction of sp³-hybridized carbons (Fsp3) is 0.636. The molecule has 0 aliphatic heterocycles. The number of hydrogen-bond acceptors (Lipinski definition) is 2. The Morgan fingerprint density at radius 1 is 1.03 bits per heavy atom. The van der Waals surface area contributed by atoms with E-state index in [9.17, 15) is 9.59 Å². The molecule has 8 nitrogen and oxygen atoms in total. The monoisotopic (exact) mass is 416 g/mol. The minimum Gasteiger partial charge on any atom is -0.342 e. The van der Waals surface area contributed by atoms with Gasteiger partial charge >= 0.3 is 23.5 Å². The minimum atomic E-state index is -0.0753. The lowest BCUT2D eigenvalue weighted by Gasteiger charge is -2.36. The van der Waals surface area contributed by atoms with Gasteiger partial charge in [-0.3, -0.25) is 9.59 Å². The first-order valence-corrected chi connectivity index (χ1v) is 11.0. The van der Waals surface area contributed by atoms with Gasteiger partial charge in [-0.1, -0.05) is 20.3 Å². The molecule has 3 unspecified atom stereocenters. The molecule has 0 spiro atoms. The van der Waals surface area contributed by atoms with E-state index in [0.29, 0.717) is 11.6 Å². The fourth-order valence-corrected chi connectivity index (χ4v) is 4.47. The number of rotatable bonds is 7. The highest BCUT2D eigenvalue weighted by Crippen LogP contribution is 2.25. The molecule has 30 heavy (non-hydrogen) atoms. The van der Waals surface area contributed by atoms with Crippen molar-refractivity contribution < 1.29 is 18.7 Å². The highest BCUT2D eigenvalue weighted by Gasteiger charge is 2.36. The molecule has 3 atom stereocenters. The summed E-state index contributed by atoms with van der Waals surface area (Å²) in [5, 5.41) is 6.45. The molecule has 1 aliphatic carbocycles. The molecule has 3 rings (SSSR count). The van der Waals surface area contributed by atoms with Gasteiger partial charge in [0.15, 0.2) is 0 Å². The Labute approximate surface area is 178 Å². The molecule has 2 aromatic heterocycles. The second-order valence-electron chi connectivity index (χ2n) is 8.57. The molecule has 164 valence electrons. The highest BCUT2D eigenvalue weighted by atomic mass is 16.2. The molecular weight excluding hydrogens is 380 g/mol. The average molecular weight is 417 g/mol. The van der Waals surface area contributed by atoms with Crippen molar-refractivity contribution in [2.75, 3.05) is 0 Å². The normalized spacial score (nSPS) is 21.4. The predicted octanol–water partition coefficient (Wildman–Crippen LogP) is 0.993. The summed E-state index contributed by atoms with van der Waals surface area (Å²) in [6.07, 6.45) is 12.6. The summed E-state index contributed by atoms with van der Waals surface area (Å²) < 4.78 is 7.56. The van der Waals surface area contributed by atoms with Crippen LogP contribution >= 0.6 is 0 Å². The van der Waals surface area contributed by atoms with E-state index in [-0.39, 0.29) is 29.8 Å². The molecule has 0 saturated heterocycles. The summed E-state index contributed by atoms with van der Waals surface area (Å²) in [6, 6.07) is 0.0697. The summed E-state index contributed by atoms with van der Waals surface area (Å²) in [6.45, 7) is 5.11. The number of nitrogens with one attached hydrogen (secondary N) is 2. The van der Waals surface area contributed by atoms with Crippen molar-refractivity contribution in [2.24, 2.45) is 27.1 Å². The SMILES string of the molecule is CCCCn1cc[n+](C)c1C(=O)NC1CCCC(NC(=O)c2n(C)cc[n+]2C)C1C. The molecule has 0 bridgehead atoms. The quantitative estimate of drug-likeness (QED) is 0.661. The van der Waals surface area contributed by atoms with Crippen LogP contribution < -0.4 is 19.8 Å². The first-order chi connectivity index (χ1) is 14.3. The first kappa shape index (κ1) is 22.1. The lowest BCUT2D eigenvalue weighted by Crippen LogP contribution is -2.54. The van der Waals surface area contributed by atoms with Crippen molar-refractivity contribution in [1.82, 2.24) is 19.8 Å². The zero-order valence-electron chi connectivity index (χ0n) is 18.9. The Bertz CT molecular complexity index is 880. The number of hydrogen-bond donors (Lipinski definition) is 2. The zero-order valence-corrected chi connectivity index (χ0v) is 18.9. The minimum absolute atomic E-state index is 0.0343. The Balaban J connectivity index is 1.67. The van der Waals surface area contributed by atoms with Gasteiger partial charge in [0, 0.05) is 12.1 Å². The van der Waals surface area contributed by atoms with Crippen LogP contribution in [0.4, 0.5) is 0 Å². The molecule has 0 aromatic carbocycles. The fourth-order valence-electron chi connectivity index (χ4n) is 4.47. The van der Waals surface area contributed by atoms with E-state index in [1.165, 1.54) is 0 Å². The van der Waals surface area contributed by atoms with E-state index < -0.39 is 0 Å². The van der Waals surface area contributed by atoms with Crippen molar-refractivity contribution in [3.05, 3.63) is 36.4 Å². The summed E-state index contributed by atoms with van der Waals surface area (Å²) in [5.74, 6) is 1.33. The van der Waals surface area contributed by atoms with Crippen molar-refractivity contribution in [2.45, 2.75) is 64.6 Å². The third-order valence-corrected chi connectivity index (χ3v) is 6.35. The van der Waals surface area contributed by atoms with Crippen molar-refractivity contribution >= 4 is 11.8 Å². The van der Waals surface area contributed by atoms with E-state index in [1.54, 1.807) is 0 Å². The molecule has 1 fully saturated rings. The van der Waals surface area contributed by atoms with Crippen LogP contribution in [-0.4, -0.2) is 33.0 Å². The summed E-state index contributed by atoms with van der Waals surface area (Å²) in [4.78, 5) is 25.9. The van der Waals surface area contributed by atoms with Gasteiger partial charge in [0.25, 0.3) is 0 Å². The van der Waals surface area contributed by atoms with Crippen molar-refractivity contribution in [3.63, 3.8) is 0 Å². The van der Waals surface area contributed by atoms with Gasteiger partial charge in [-0.05, 0) is 31.6 Å². The maximum absolute atomic E-state index is 13.1. The molecule has 1 saturated carbocycles. The Morgan fingerprint density at radius 2 is 1.60 bits per heavy atom. The van der Waals surface area contributed by atoms with Gasteiger partial charge in [0.1, 0.15) is 24.8 Å².